The van der Waals surface area contributed by atoms with E-state index in [2.05, 4.69) is 10.4 Å². The molecule has 7 heteroatoms. The molecule has 0 saturated carbocycles. The normalized spacial score (nSPS) is 10.7. The Hall–Kier alpha value is -2.37. The van der Waals surface area contributed by atoms with Gasteiger partial charge < -0.3 is 5.32 Å². The molecule has 5 nitrogen and oxygen atoms in total. The number of hydrogen-bond donors (Lipinski definition) is 1. The summed E-state index contributed by atoms with van der Waals surface area (Å²) < 4.78 is 1.12. The molecule has 2 aromatic carbocycles. The molecule has 0 saturated heterocycles. The van der Waals surface area contributed by atoms with Crippen LogP contribution in [0.1, 0.15) is 0 Å². The molecule has 0 aliphatic rings. The van der Waals surface area contributed by atoms with Crippen LogP contribution in [0, 0.1) is 0 Å². The molecule has 0 bridgehead atoms. The summed E-state index contributed by atoms with van der Waals surface area (Å²) in [5, 5.41) is 8.66. The van der Waals surface area contributed by atoms with Crippen molar-refractivity contribution in [2.75, 3.05) is 5.32 Å². The monoisotopic (exact) mass is 347 g/mol. The Bertz CT molecular complexity index is 953. The highest BCUT2D eigenvalue weighted by Gasteiger charge is 2.09. The number of carbonyl (C=O) groups excluding carboxylic acids is 1. The Morgan fingerprint density at radius 3 is 2.70 bits per heavy atom. The highest BCUT2D eigenvalue weighted by molar-refractivity contribution is 6.42. The molecule has 0 aliphatic heterocycles. The van der Waals surface area contributed by atoms with Crippen molar-refractivity contribution >= 4 is 45.6 Å². The van der Waals surface area contributed by atoms with Crippen molar-refractivity contribution in [2.24, 2.45) is 0 Å². The van der Waals surface area contributed by atoms with Crippen LogP contribution in [-0.4, -0.2) is 15.7 Å². The zero-order chi connectivity index (χ0) is 16.4. The SMILES string of the molecule is O=C(Cn1ncc2ccccc2c1=O)Nc1ccc(Cl)c(Cl)c1. The zero-order valence-electron chi connectivity index (χ0n) is 11.8. The van der Waals surface area contributed by atoms with Crippen LogP contribution in [-0.2, 0) is 11.3 Å². The van der Waals surface area contributed by atoms with Gasteiger partial charge in [0.1, 0.15) is 6.54 Å². The summed E-state index contributed by atoms with van der Waals surface area (Å²) in [4.78, 5) is 24.4. The second kappa shape index (κ2) is 6.40. The second-order valence-corrected chi connectivity index (χ2v) is 5.69. The summed E-state index contributed by atoms with van der Waals surface area (Å²) in [5.74, 6) is -0.381. The summed E-state index contributed by atoms with van der Waals surface area (Å²) in [6.07, 6.45) is 1.56. The van der Waals surface area contributed by atoms with Gasteiger partial charge in [-0.3, -0.25) is 9.59 Å². The largest absolute Gasteiger partial charge is 0.324 e. The minimum Gasteiger partial charge on any atom is -0.324 e. The van der Waals surface area contributed by atoms with Crippen molar-refractivity contribution in [3.05, 3.63) is 69.1 Å². The van der Waals surface area contributed by atoms with Gasteiger partial charge in [0.25, 0.3) is 5.56 Å². The fourth-order valence-electron chi connectivity index (χ4n) is 2.15. The predicted octanol–water partition coefficient (Wildman–Crippen LogP) is 3.34. The lowest BCUT2D eigenvalue weighted by Gasteiger charge is -2.08. The van der Waals surface area contributed by atoms with Crippen molar-refractivity contribution < 1.29 is 4.79 Å². The van der Waals surface area contributed by atoms with E-state index in [-0.39, 0.29) is 18.0 Å². The van der Waals surface area contributed by atoms with Crippen LogP contribution in [0.4, 0.5) is 5.69 Å². The Labute approximate surface area is 141 Å². The van der Waals surface area contributed by atoms with Crippen LogP contribution in [0.25, 0.3) is 10.8 Å². The first-order chi connectivity index (χ1) is 11.0. The number of nitrogens with zero attached hydrogens (tertiary/aromatic N) is 2. The predicted molar refractivity (Wildman–Crippen MR) is 91.1 cm³/mol. The number of aromatic nitrogens is 2. The van der Waals surface area contributed by atoms with Crippen LogP contribution in [0.2, 0.25) is 10.0 Å². The maximum Gasteiger partial charge on any atom is 0.275 e. The lowest BCUT2D eigenvalue weighted by molar-refractivity contribution is -0.117. The third kappa shape index (κ3) is 3.36. The smallest absolute Gasteiger partial charge is 0.275 e. The van der Waals surface area contributed by atoms with Gasteiger partial charge in [-0.1, -0.05) is 41.4 Å². The molecule has 0 radical (unpaired) electrons. The van der Waals surface area contributed by atoms with E-state index in [0.29, 0.717) is 21.1 Å². The van der Waals surface area contributed by atoms with Crippen molar-refractivity contribution in [1.82, 2.24) is 9.78 Å². The highest BCUT2D eigenvalue weighted by atomic mass is 35.5. The molecule has 3 rings (SSSR count). The summed E-state index contributed by atoms with van der Waals surface area (Å²) in [6, 6.07) is 11.8. The Balaban J connectivity index is 1.81. The Morgan fingerprint density at radius 1 is 1.13 bits per heavy atom. The standard InChI is InChI=1S/C16H11Cl2N3O2/c17-13-6-5-11(7-14(13)18)20-15(22)9-21-16(23)12-4-2-1-3-10(12)8-19-21/h1-8H,9H2,(H,20,22). The fraction of sp³-hybridized carbons (Fsp3) is 0.0625. The second-order valence-electron chi connectivity index (χ2n) is 4.87. The molecule has 23 heavy (non-hydrogen) atoms. The van der Waals surface area contributed by atoms with Gasteiger partial charge in [-0.25, -0.2) is 4.68 Å². The average Bonchev–Trinajstić information content (AvgIpc) is 2.54. The van der Waals surface area contributed by atoms with E-state index in [1.165, 1.54) is 0 Å². The van der Waals surface area contributed by atoms with Gasteiger partial charge in [0.2, 0.25) is 5.91 Å². The zero-order valence-corrected chi connectivity index (χ0v) is 13.3. The van der Waals surface area contributed by atoms with Gasteiger partial charge in [-0.15, -0.1) is 0 Å². The maximum absolute atomic E-state index is 12.3. The number of rotatable bonds is 3. The van der Waals surface area contributed by atoms with E-state index in [9.17, 15) is 9.59 Å². The number of halogens is 2. The van der Waals surface area contributed by atoms with E-state index in [1.807, 2.05) is 6.07 Å². The van der Waals surface area contributed by atoms with Crippen molar-refractivity contribution in [3.8, 4) is 0 Å². The lowest BCUT2D eigenvalue weighted by atomic mass is 10.2. The summed E-state index contributed by atoms with van der Waals surface area (Å²) in [7, 11) is 0. The van der Waals surface area contributed by atoms with Crippen LogP contribution < -0.4 is 10.9 Å². The third-order valence-electron chi connectivity index (χ3n) is 3.26. The van der Waals surface area contributed by atoms with Gasteiger partial charge >= 0.3 is 0 Å². The molecule has 0 unspecified atom stereocenters. The summed E-state index contributed by atoms with van der Waals surface area (Å²) in [5.41, 5.74) is 0.186. The van der Waals surface area contributed by atoms with Crippen molar-refractivity contribution in [2.45, 2.75) is 6.54 Å². The van der Waals surface area contributed by atoms with Crippen molar-refractivity contribution in [1.29, 1.82) is 0 Å². The van der Waals surface area contributed by atoms with E-state index in [4.69, 9.17) is 23.2 Å². The number of anilines is 1. The molecule has 1 aromatic heterocycles. The van der Waals surface area contributed by atoms with Gasteiger partial charge in [0, 0.05) is 11.1 Å². The van der Waals surface area contributed by atoms with Crippen LogP contribution in [0.15, 0.2) is 53.5 Å². The molecule has 1 heterocycles. The van der Waals surface area contributed by atoms with Gasteiger partial charge in [0.15, 0.2) is 0 Å². The van der Waals surface area contributed by atoms with Gasteiger partial charge in [-0.05, 0) is 24.3 Å². The minimum atomic E-state index is -0.381. The molecule has 0 spiro atoms. The summed E-state index contributed by atoms with van der Waals surface area (Å²) in [6.45, 7) is -0.191. The van der Waals surface area contributed by atoms with E-state index < -0.39 is 0 Å². The number of amides is 1. The number of nitrogens with one attached hydrogen (secondary N) is 1. The van der Waals surface area contributed by atoms with Gasteiger partial charge in [0.05, 0.1) is 21.6 Å². The van der Waals surface area contributed by atoms with E-state index in [1.54, 1.807) is 42.6 Å². The Kier molecular flexibility index (Phi) is 4.32. The van der Waals surface area contributed by atoms with E-state index >= 15 is 0 Å². The van der Waals surface area contributed by atoms with Crippen molar-refractivity contribution in [3.63, 3.8) is 0 Å². The molecule has 1 N–H and O–H groups in total. The minimum absolute atomic E-state index is 0.191. The molecule has 3 aromatic rings. The third-order valence-corrected chi connectivity index (χ3v) is 4.00. The summed E-state index contributed by atoms with van der Waals surface area (Å²) >= 11 is 11.7. The molecular formula is C16H11Cl2N3O2. The fourth-order valence-corrected chi connectivity index (χ4v) is 2.45. The lowest BCUT2D eigenvalue weighted by Crippen LogP contribution is -2.29. The number of carbonyl (C=O) groups is 1. The first kappa shape index (κ1) is 15.5. The molecule has 0 atom stereocenters. The average molecular weight is 348 g/mol. The highest BCUT2D eigenvalue weighted by Crippen LogP contribution is 2.24. The molecule has 116 valence electrons. The molecule has 0 fully saturated rings. The molecule has 0 aliphatic carbocycles. The maximum atomic E-state index is 12.3. The topological polar surface area (TPSA) is 64.0 Å². The molecule has 1 amide bonds. The molecular weight excluding hydrogens is 337 g/mol. The first-order valence-electron chi connectivity index (χ1n) is 6.74. The van der Waals surface area contributed by atoms with Gasteiger partial charge in [-0.2, -0.15) is 5.10 Å². The number of hydrogen-bond acceptors (Lipinski definition) is 3. The van der Waals surface area contributed by atoms with Crippen LogP contribution >= 0.6 is 23.2 Å². The van der Waals surface area contributed by atoms with Crippen LogP contribution in [0.3, 0.4) is 0 Å². The number of benzene rings is 2. The number of fused-ring (bicyclic) bond motifs is 1. The van der Waals surface area contributed by atoms with E-state index in [0.717, 1.165) is 10.1 Å². The van der Waals surface area contributed by atoms with Crippen LogP contribution in [0.5, 0.6) is 0 Å². The quantitative estimate of drug-likeness (QED) is 0.790. The Morgan fingerprint density at radius 2 is 1.91 bits per heavy atom. The first-order valence-corrected chi connectivity index (χ1v) is 7.50.